The van der Waals surface area contributed by atoms with Gasteiger partial charge in [0.25, 0.3) is 5.91 Å². The monoisotopic (exact) mass is 328 g/mol. The van der Waals surface area contributed by atoms with Gasteiger partial charge >= 0.3 is 0 Å². The van der Waals surface area contributed by atoms with E-state index in [1.807, 2.05) is 43.3 Å². The molecule has 1 heterocycles. The van der Waals surface area contributed by atoms with E-state index in [1.54, 1.807) is 6.07 Å². The van der Waals surface area contributed by atoms with Crippen LogP contribution in [0, 0.1) is 6.92 Å². The molecule has 2 N–H and O–H groups in total. The number of hydrogen-bond acceptors (Lipinski definition) is 4. The van der Waals surface area contributed by atoms with Gasteiger partial charge in [-0.1, -0.05) is 17.7 Å². The molecule has 0 spiro atoms. The van der Waals surface area contributed by atoms with E-state index in [1.165, 1.54) is 11.8 Å². The van der Waals surface area contributed by atoms with Gasteiger partial charge in [0.15, 0.2) is 6.61 Å². The Hall–Kier alpha value is -2.47. The second-order valence-corrected chi connectivity index (χ2v) is 6.21. The number of ether oxygens (including phenoxy) is 1. The second-order valence-electron chi connectivity index (χ2n) is 5.20. The van der Waals surface area contributed by atoms with Crippen molar-refractivity contribution in [3.05, 3.63) is 48.0 Å². The van der Waals surface area contributed by atoms with Crippen molar-refractivity contribution in [3.8, 4) is 5.75 Å². The van der Waals surface area contributed by atoms with Gasteiger partial charge in [0, 0.05) is 10.6 Å². The van der Waals surface area contributed by atoms with Crippen LogP contribution >= 0.6 is 11.8 Å². The van der Waals surface area contributed by atoms with Crippen LogP contribution in [0.5, 0.6) is 5.75 Å². The molecule has 0 unspecified atom stereocenters. The Balaban J connectivity index is 1.58. The van der Waals surface area contributed by atoms with E-state index in [-0.39, 0.29) is 18.4 Å². The van der Waals surface area contributed by atoms with Crippen molar-refractivity contribution >= 4 is 35.0 Å². The van der Waals surface area contributed by atoms with E-state index < -0.39 is 0 Å². The zero-order chi connectivity index (χ0) is 16.2. The number of carbonyl (C=O) groups is 2. The summed E-state index contributed by atoms with van der Waals surface area (Å²) in [5.41, 5.74) is 2.49. The van der Waals surface area contributed by atoms with Crippen molar-refractivity contribution in [2.45, 2.75) is 11.8 Å². The number of anilines is 2. The van der Waals surface area contributed by atoms with Crippen molar-refractivity contribution in [1.82, 2.24) is 0 Å². The number of nitrogens with one attached hydrogen (secondary N) is 2. The fourth-order valence-electron chi connectivity index (χ4n) is 2.14. The fraction of sp³-hybridized carbons (Fsp3) is 0.176. The van der Waals surface area contributed by atoms with Crippen molar-refractivity contribution in [2.24, 2.45) is 0 Å². The molecule has 118 valence electrons. The smallest absolute Gasteiger partial charge is 0.262 e. The van der Waals surface area contributed by atoms with Gasteiger partial charge in [0.05, 0.1) is 11.4 Å². The summed E-state index contributed by atoms with van der Waals surface area (Å²) in [7, 11) is 0. The first-order chi connectivity index (χ1) is 11.1. The number of thioether (sulfide) groups is 1. The molecule has 2 aromatic rings. The number of carbonyl (C=O) groups excluding carboxylic acids is 2. The third kappa shape index (κ3) is 4.04. The molecule has 6 heteroatoms. The summed E-state index contributed by atoms with van der Waals surface area (Å²) in [5.74, 6) is 0.789. The van der Waals surface area contributed by atoms with E-state index in [4.69, 9.17) is 4.74 Å². The highest BCUT2D eigenvalue weighted by Crippen LogP contribution is 2.33. The number of rotatable bonds is 4. The number of benzene rings is 2. The zero-order valence-corrected chi connectivity index (χ0v) is 13.4. The SMILES string of the molecule is Cc1ccc(OCC(=O)Nc2ccc3c(c2)NC(=O)CS3)cc1. The molecule has 0 saturated carbocycles. The normalized spacial score (nSPS) is 13.0. The topological polar surface area (TPSA) is 67.4 Å². The lowest BCUT2D eigenvalue weighted by Gasteiger charge is -2.17. The van der Waals surface area contributed by atoms with E-state index in [0.29, 0.717) is 17.2 Å². The lowest BCUT2D eigenvalue weighted by atomic mass is 10.2. The summed E-state index contributed by atoms with van der Waals surface area (Å²) in [6.07, 6.45) is 0. The number of aryl methyl sites for hydroxylation is 1. The minimum Gasteiger partial charge on any atom is -0.484 e. The van der Waals surface area contributed by atoms with Crippen LogP contribution in [-0.2, 0) is 9.59 Å². The maximum Gasteiger partial charge on any atom is 0.262 e. The highest BCUT2D eigenvalue weighted by atomic mass is 32.2. The van der Waals surface area contributed by atoms with Crippen LogP contribution in [0.15, 0.2) is 47.4 Å². The molecule has 2 amide bonds. The van der Waals surface area contributed by atoms with Crippen LogP contribution in [0.1, 0.15) is 5.56 Å². The average molecular weight is 328 g/mol. The lowest BCUT2D eigenvalue weighted by molar-refractivity contribution is -0.118. The van der Waals surface area contributed by atoms with Crippen LogP contribution in [-0.4, -0.2) is 24.2 Å². The molecule has 0 radical (unpaired) electrons. The van der Waals surface area contributed by atoms with Crippen molar-refractivity contribution in [2.75, 3.05) is 23.0 Å². The summed E-state index contributed by atoms with van der Waals surface area (Å²) in [6.45, 7) is 1.92. The number of hydrogen-bond donors (Lipinski definition) is 2. The minimum absolute atomic E-state index is 0.0336. The molecule has 1 aliphatic heterocycles. The van der Waals surface area contributed by atoms with Crippen LogP contribution in [0.4, 0.5) is 11.4 Å². The molecule has 0 bridgehead atoms. The van der Waals surface area contributed by atoms with Gasteiger partial charge in [0.2, 0.25) is 5.91 Å². The standard InChI is InChI=1S/C17H16N2O3S/c1-11-2-5-13(6-3-11)22-9-16(20)18-12-4-7-15-14(8-12)19-17(21)10-23-15/h2-8H,9-10H2,1H3,(H,18,20)(H,19,21). The van der Waals surface area contributed by atoms with E-state index in [0.717, 1.165) is 16.1 Å². The summed E-state index contributed by atoms with van der Waals surface area (Å²) < 4.78 is 5.44. The minimum atomic E-state index is -0.250. The van der Waals surface area contributed by atoms with Crippen LogP contribution in [0.3, 0.4) is 0 Å². The largest absolute Gasteiger partial charge is 0.484 e. The molecule has 0 aromatic heterocycles. The first-order valence-corrected chi connectivity index (χ1v) is 8.15. The third-order valence-corrected chi connectivity index (χ3v) is 4.36. The maximum absolute atomic E-state index is 12.0. The van der Waals surface area contributed by atoms with Gasteiger partial charge in [-0.2, -0.15) is 0 Å². The van der Waals surface area contributed by atoms with E-state index in [9.17, 15) is 9.59 Å². The van der Waals surface area contributed by atoms with Crippen LogP contribution in [0.25, 0.3) is 0 Å². The predicted octanol–water partition coefficient (Wildman–Crippen LogP) is 3.06. The Morgan fingerprint density at radius 3 is 2.83 bits per heavy atom. The Bertz CT molecular complexity index is 744. The summed E-state index contributed by atoms with van der Waals surface area (Å²) in [5, 5.41) is 5.56. The molecule has 3 rings (SSSR count). The Morgan fingerprint density at radius 1 is 1.26 bits per heavy atom. The molecular formula is C17H16N2O3S. The van der Waals surface area contributed by atoms with Gasteiger partial charge in [-0.05, 0) is 37.3 Å². The predicted molar refractivity (Wildman–Crippen MR) is 91.1 cm³/mol. The molecular weight excluding hydrogens is 312 g/mol. The summed E-state index contributed by atoms with van der Waals surface area (Å²) >= 11 is 1.48. The van der Waals surface area contributed by atoms with Gasteiger partial charge < -0.3 is 15.4 Å². The molecule has 0 saturated heterocycles. The van der Waals surface area contributed by atoms with E-state index in [2.05, 4.69) is 10.6 Å². The first-order valence-electron chi connectivity index (χ1n) is 7.16. The van der Waals surface area contributed by atoms with Gasteiger partial charge in [-0.15, -0.1) is 11.8 Å². The van der Waals surface area contributed by atoms with Crippen LogP contribution < -0.4 is 15.4 Å². The van der Waals surface area contributed by atoms with Crippen molar-refractivity contribution in [3.63, 3.8) is 0 Å². The third-order valence-electron chi connectivity index (χ3n) is 3.29. The summed E-state index contributed by atoms with van der Waals surface area (Å²) in [4.78, 5) is 24.4. The molecule has 2 aromatic carbocycles. The van der Waals surface area contributed by atoms with Gasteiger partial charge in [0.1, 0.15) is 5.75 Å². The number of amides is 2. The van der Waals surface area contributed by atoms with Gasteiger partial charge in [-0.25, -0.2) is 0 Å². The Morgan fingerprint density at radius 2 is 2.04 bits per heavy atom. The molecule has 1 aliphatic rings. The highest BCUT2D eigenvalue weighted by molar-refractivity contribution is 8.00. The quantitative estimate of drug-likeness (QED) is 0.905. The maximum atomic E-state index is 12.0. The van der Waals surface area contributed by atoms with Crippen molar-refractivity contribution < 1.29 is 14.3 Å². The molecule has 5 nitrogen and oxygen atoms in total. The first kappa shape index (κ1) is 15.4. The van der Waals surface area contributed by atoms with Crippen molar-refractivity contribution in [1.29, 1.82) is 0 Å². The highest BCUT2D eigenvalue weighted by Gasteiger charge is 2.16. The fourth-order valence-corrected chi connectivity index (χ4v) is 2.93. The van der Waals surface area contributed by atoms with E-state index >= 15 is 0 Å². The molecule has 0 atom stereocenters. The molecule has 0 fully saturated rings. The molecule has 0 aliphatic carbocycles. The second kappa shape index (κ2) is 6.75. The lowest BCUT2D eigenvalue weighted by Crippen LogP contribution is -2.21. The Kier molecular flexibility index (Phi) is 4.52. The summed E-state index contributed by atoms with van der Waals surface area (Å²) in [6, 6.07) is 13.0. The Labute approximate surface area is 138 Å². The average Bonchev–Trinajstić information content (AvgIpc) is 2.54. The van der Waals surface area contributed by atoms with Gasteiger partial charge in [-0.3, -0.25) is 9.59 Å². The van der Waals surface area contributed by atoms with Crippen LogP contribution in [0.2, 0.25) is 0 Å². The molecule has 23 heavy (non-hydrogen) atoms. The zero-order valence-electron chi connectivity index (χ0n) is 12.6. The number of fused-ring (bicyclic) bond motifs is 1.